The van der Waals surface area contributed by atoms with Gasteiger partial charge in [0.05, 0.1) is 10.9 Å². The van der Waals surface area contributed by atoms with E-state index < -0.39 is 28.1 Å². The van der Waals surface area contributed by atoms with Crippen LogP contribution in [0.25, 0.3) is 0 Å². The number of aliphatic hydroxyl groups excluding tert-OH is 1. The number of nitrogens with one attached hydrogen (secondary N) is 2. The van der Waals surface area contributed by atoms with Crippen LogP contribution in [0.5, 0.6) is 0 Å². The Balaban J connectivity index is 1.73. The summed E-state index contributed by atoms with van der Waals surface area (Å²) in [6.45, 7) is 3.48. The fourth-order valence-electron chi connectivity index (χ4n) is 3.68. The summed E-state index contributed by atoms with van der Waals surface area (Å²) in [7, 11) is -3.60. The molecule has 168 valence electrons. The van der Waals surface area contributed by atoms with Crippen LogP contribution in [0.4, 0.5) is 0 Å². The first-order chi connectivity index (χ1) is 14.9. The van der Waals surface area contributed by atoms with Crippen LogP contribution >= 0.6 is 0 Å². The molecule has 1 fully saturated rings. The van der Waals surface area contributed by atoms with Crippen molar-refractivity contribution in [3.05, 3.63) is 65.7 Å². The molecule has 0 aliphatic carbocycles. The van der Waals surface area contributed by atoms with E-state index in [1.165, 1.54) is 4.31 Å². The quantitative estimate of drug-likeness (QED) is 0.671. The topological polar surface area (TPSA) is 98.7 Å². The number of nitrogens with zero attached hydrogens (tertiary/aromatic N) is 1. The minimum absolute atomic E-state index is 0.282. The number of benzene rings is 2. The molecule has 0 radical (unpaired) electrons. The van der Waals surface area contributed by atoms with Gasteiger partial charge in [-0.3, -0.25) is 4.79 Å². The first-order valence-corrected chi connectivity index (χ1v) is 12.1. The number of carbonyl (C=O) groups excluding carboxylic acids is 1. The monoisotopic (exact) mass is 445 g/mol. The molecule has 31 heavy (non-hydrogen) atoms. The Labute approximate surface area is 184 Å². The van der Waals surface area contributed by atoms with Gasteiger partial charge in [-0.15, -0.1) is 0 Å². The summed E-state index contributed by atoms with van der Waals surface area (Å²) in [6, 6.07) is 15.7. The fraction of sp³-hybridized carbons (Fsp3) is 0.435. The zero-order chi connectivity index (χ0) is 22.3. The third-order valence-electron chi connectivity index (χ3n) is 5.48. The molecule has 3 rings (SSSR count). The van der Waals surface area contributed by atoms with Crippen LogP contribution in [0.3, 0.4) is 0 Å². The highest BCUT2D eigenvalue weighted by Crippen LogP contribution is 2.20. The Hall–Kier alpha value is -2.26. The molecule has 0 spiro atoms. The number of amides is 1. The number of carbonyl (C=O) groups is 1. The zero-order valence-electron chi connectivity index (χ0n) is 17.8. The predicted octanol–water partition coefficient (Wildman–Crippen LogP) is 1.98. The Morgan fingerprint density at radius 1 is 0.935 bits per heavy atom. The lowest BCUT2D eigenvalue weighted by Gasteiger charge is -2.24. The summed E-state index contributed by atoms with van der Waals surface area (Å²) in [5.41, 5.74) is 1.84. The molecular weight excluding hydrogens is 414 g/mol. The SMILES string of the molecule is Cc1ccc(S(=O)(=O)N2CCCCN[C@H](c3ccccc3)[C@@H](O)C(=O)NCCC2)cc1. The zero-order valence-corrected chi connectivity index (χ0v) is 18.6. The van der Waals surface area contributed by atoms with E-state index in [-0.39, 0.29) is 11.4 Å². The molecule has 7 nitrogen and oxygen atoms in total. The summed E-state index contributed by atoms with van der Waals surface area (Å²) >= 11 is 0. The van der Waals surface area contributed by atoms with Crippen LogP contribution < -0.4 is 10.6 Å². The van der Waals surface area contributed by atoms with E-state index in [1.807, 2.05) is 37.3 Å². The molecular formula is C23H31N3O4S. The lowest BCUT2D eigenvalue weighted by molar-refractivity contribution is -0.130. The molecule has 1 aliphatic heterocycles. The van der Waals surface area contributed by atoms with Crippen LogP contribution in [0, 0.1) is 6.92 Å². The molecule has 1 heterocycles. The Morgan fingerprint density at radius 3 is 2.32 bits per heavy atom. The first-order valence-electron chi connectivity index (χ1n) is 10.7. The van der Waals surface area contributed by atoms with Gasteiger partial charge in [-0.25, -0.2) is 8.42 Å². The van der Waals surface area contributed by atoms with Gasteiger partial charge < -0.3 is 15.7 Å². The average molecular weight is 446 g/mol. The van der Waals surface area contributed by atoms with Crippen molar-refractivity contribution in [1.82, 2.24) is 14.9 Å². The molecule has 2 aromatic carbocycles. The standard InChI is InChI=1S/C23H31N3O4S/c1-18-10-12-20(13-11-18)31(29,30)26-16-6-5-14-24-21(19-8-3-2-4-9-19)22(27)23(28)25-15-7-17-26/h2-4,8-13,21-22,24,27H,5-7,14-17H2,1H3,(H,25,28)/t21-,22-/m1/s1. The highest BCUT2D eigenvalue weighted by molar-refractivity contribution is 7.89. The van der Waals surface area contributed by atoms with Gasteiger partial charge >= 0.3 is 0 Å². The van der Waals surface area contributed by atoms with Gasteiger partial charge in [0.2, 0.25) is 10.0 Å². The molecule has 1 saturated heterocycles. The number of aryl methyl sites for hydroxylation is 1. The smallest absolute Gasteiger partial charge is 0.250 e. The van der Waals surface area contributed by atoms with E-state index >= 15 is 0 Å². The molecule has 1 amide bonds. The number of hydrogen-bond acceptors (Lipinski definition) is 5. The van der Waals surface area contributed by atoms with E-state index in [0.717, 1.165) is 17.5 Å². The van der Waals surface area contributed by atoms with E-state index in [2.05, 4.69) is 10.6 Å². The minimum Gasteiger partial charge on any atom is -0.381 e. The second-order valence-corrected chi connectivity index (χ2v) is 9.79. The second-order valence-electron chi connectivity index (χ2n) is 7.86. The fourth-order valence-corrected chi connectivity index (χ4v) is 5.19. The van der Waals surface area contributed by atoms with Gasteiger partial charge in [0, 0.05) is 19.6 Å². The van der Waals surface area contributed by atoms with Crippen molar-refractivity contribution < 1.29 is 18.3 Å². The van der Waals surface area contributed by atoms with Crippen LogP contribution in [0.1, 0.15) is 36.4 Å². The average Bonchev–Trinajstić information content (AvgIpc) is 2.78. The Kier molecular flexibility index (Phi) is 8.20. The van der Waals surface area contributed by atoms with Crippen LogP contribution in [0.15, 0.2) is 59.5 Å². The van der Waals surface area contributed by atoms with Gasteiger partial charge in [-0.2, -0.15) is 4.31 Å². The van der Waals surface area contributed by atoms with E-state index in [1.54, 1.807) is 24.3 Å². The number of sulfonamides is 1. The van der Waals surface area contributed by atoms with Crippen molar-refractivity contribution in [2.24, 2.45) is 0 Å². The van der Waals surface area contributed by atoms with Crippen molar-refractivity contribution in [2.45, 2.75) is 43.2 Å². The highest BCUT2D eigenvalue weighted by atomic mass is 32.2. The maximum atomic E-state index is 13.1. The summed E-state index contributed by atoms with van der Waals surface area (Å²) in [4.78, 5) is 12.8. The van der Waals surface area contributed by atoms with Crippen LogP contribution in [0.2, 0.25) is 0 Å². The lowest BCUT2D eigenvalue weighted by Crippen LogP contribution is -2.44. The summed E-state index contributed by atoms with van der Waals surface area (Å²) in [5, 5.41) is 16.6. The Morgan fingerprint density at radius 2 is 1.61 bits per heavy atom. The predicted molar refractivity (Wildman–Crippen MR) is 120 cm³/mol. The van der Waals surface area contributed by atoms with E-state index in [9.17, 15) is 18.3 Å². The third kappa shape index (κ3) is 6.13. The maximum absolute atomic E-state index is 13.1. The largest absolute Gasteiger partial charge is 0.381 e. The molecule has 8 heteroatoms. The van der Waals surface area contributed by atoms with Crippen molar-refractivity contribution in [2.75, 3.05) is 26.2 Å². The van der Waals surface area contributed by atoms with Crippen LogP contribution in [-0.4, -0.2) is 56.0 Å². The van der Waals surface area contributed by atoms with Crippen molar-refractivity contribution in [3.63, 3.8) is 0 Å². The van der Waals surface area contributed by atoms with Crippen molar-refractivity contribution in [1.29, 1.82) is 0 Å². The normalized spacial score (nSPS) is 22.6. The third-order valence-corrected chi connectivity index (χ3v) is 7.40. The first kappa shape index (κ1) is 23.4. The molecule has 0 aromatic heterocycles. The molecule has 0 bridgehead atoms. The molecule has 2 atom stereocenters. The number of aliphatic hydroxyl groups is 1. The highest BCUT2D eigenvalue weighted by Gasteiger charge is 2.28. The van der Waals surface area contributed by atoms with Gasteiger partial charge in [0.15, 0.2) is 6.10 Å². The number of rotatable bonds is 3. The van der Waals surface area contributed by atoms with Gasteiger partial charge in [-0.05, 0) is 50.4 Å². The molecule has 0 unspecified atom stereocenters. The molecule has 1 aliphatic rings. The summed E-state index contributed by atoms with van der Waals surface area (Å²) in [6.07, 6.45) is 0.636. The second kappa shape index (κ2) is 10.9. The van der Waals surface area contributed by atoms with Gasteiger partial charge in [-0.1, -0.05) is 48.0 Å². The van der Waals surface area contributed by atoms with Crippen molar-refractivity contribution >= 4 is 15.9 Å². The lowest BCUT2D eigenvalue weighted by atomic mass is 10.0. The molecule has 3 N–H and O–H groups in total. The Bertz CT molecular complexity index is 949. The van der Waals surface area contributed by atoms with Gasteiger partial charge in [0.25, 0.3) is 5.91 Å². The van der Waals surface area contributed by atoms with E-state index in [0.29, 0.717) is 32.5 Å². The maximum Gasteiger partial charge on any atom is 0.250 e. The minimum atomic E-state index is -3.60. The number of hydrogen-bond donors (Lipinski definition) is 3. The van der Waals surface area contributed by atoms with Gasteiger partial charge in [0.1, 0.15) is 0 Å². The van der Waals surface area contributed by atoms with Crippen molar-refractivity contribution in [3.8, 4) is 0 Å². The van der Waals surface area contributed by atoms with Crippen LogP contribution in [-0.2, 0) is 14.8 Å². The molecule has 0 saturated carbocycles. The molecule has 2 aromatic rings. The van der Waals surface area contributed by atoms with E-state index in [4.69, 9.17) is 0 Å². The summed E-state index contributed by atoms with van der Waals surface area (Å²) < 4.78 is 27.7. The summed E-state index contributed by atoms with van der Waals surface area (Å²) in [5.74, 6) is -0.464.